The van der Waals surface area contributed by atoms with E-state index in [2.05, 4.69) is 5.32 Å². The number of carbonyl (C=O) groups is 2. The van der Waals surface area contributed by atoms with Gasteiger partial charge in [-0.25, -0.2) is 0 Å². The normalized spacial score (nSPS) is 11.5. The maximum absolute atomic E-state index is 12.4. The summed E-state index contributed by atoms with van der Waals surface area (Å²) in [5.41, 5.74) is 2.31. The molecule has 0 bridgehead atoms. The summed E-state index contributed by atoms with van der Waals surface area (Å²) in [6.45, 7) is 3.49. The summed E-state index contributed by atoms with van der Waals surface area (Å²) in [6.07, 6.45) is 0. The number of benzene rings is 2. The Morgan fingerprint density at radius 3 is 2.34 bits per heavy atom. The first-order valence-electron chi connectivity index (χ1n) is 9.56. The number of nitrogens with one attached hydrogen (secondary N) is 2. The third-order valence-corrected chi connectivity index (χ3v) is 4.32. The van der Waals surface area contributed by atoms with Crippen LogP contribution in [0.4, 0.5) is 5.69 Å². The smallest absolute Gasteiger partial charge is 0.279 e. The van der Waals surface area contributed by atoms with Crippen molar-refractivity contribution in [3.8, 4) is 11.5 Å². The number of quaternary nitrogens is 1. The van der Waals surface area contributed by atoms with E-state index in [1.54, 1.807) is 45.5 Å². The Balaban J connectivity index is 1.91. The van der Waals surface area contributed by atoms with Crippen LogP contribution in [-0.2, 0) is 11.3 Å². The molecule has 2 N–H and O–H groups in total. The molecule has 0 spiro atoms. The molecule has 2 rings (SSSR count). The largest absolute Gasteiger partial charge is 0.493 e. The van der Waals surface area contributed by atoms with Crippen LogP contribution in [-0.4, -0.2) is 58.1 Å². The quantitative estimate of drug-likeness (QED) is 0.668. The highest BCUT2D eigenvalue weighted by molar-refractivity contribution is 5.95. The second-order valence-electron chi connectivity index (χ2n) is 7.05. The fourth-order valence-corrected chi connectivity index (χ4v) is 2.94. The van der Waals surface area contributed by atoms with Gasteiger partial charge in [0.05, 0.1) is 20.8 Å². The minimum atomic E-state index is -0.0907. The van der Waals surface area contributed by atoms with E-state index in [1.165, 1.54) is 4.90 Å². The molecule has 7 heteroatoms. The maximum Gasteiger partial charge on any atom is 0.279 e. The lowest BCUT2D eigenvalue weighted by molar-refractivity contribution is -0.885. The van der Waals surface area contributed by atoms with Crippen LogP contribution in [0.25, 0.3) is 0 Å². The molecule has 2 amide bonds. The Labute approximate surface area is 172 Å². The molecule has 0 aliphatic carbocycles. The Morgan fingerprint density at radius 1 is 1.07 bits per heavy atom. The van der Waals surface area contributed by atoms with Crippen LogP contribution >= 0.6 is 0 Å². The van der Waals surface area contributed by atoms with Crippen molar-refractivity contribution in [3.05, 3.63) is 53.6 Å². The predicted molar refractivity (Wildman–Crippen MR) is 113 cm³/mol. The van der Waals surface area contributed by atoms with Crippen LogP contribution < -0.4 is 19.7 Å². The number of ether oxygens (including phenoxy) is 2. The minimum absolute atomic E-state index is 0.0714. The number of anilines is 1. The van der Waals surface area contributed by atoms with E-state index < -0.39 is 0 Å². The van der Waals surface area contributed by atoms with Crippen LogP contribution in [0.5, 0.6) is 11.5 Å². The lowest BCUT2D eigenvalue weighted by Gasteiger charge is -2.16. The van der Waals surface area contributed by atoms with Crippen molar-refractivity contribution < 1.29 is 24.0 Å². The van der Waals surface area contributed by atoms with Crippen molar-refractivity contribution in [3.63, 3.8) is 0 Å². The van der Waals surface area contributed by atoms with Crippen LogP contribution in [0.3, 0.4) is 0 Å². The second kappa shape index (κ2) is 10.5. The highest BCUT2D eigenvalue weighted by atomic mass is 16.5. The van der Waals surface area contributed by atoms with Crippen LogP contribution in [0, 0.1) is 0 Å². The average Bonchev–Trinajstić information content (AvgIpc) is 2.69. The number of nitrogens with zero attached hydrogens (tertiary/aromatic N) is 1. The third kappa shape index (κ3) is 6.50. The zero-order valence-corrected chi connectivity index (χ0v) is 17.7. The molecule has 0 saturated heterocycles. The van der Waals surface area contributed by atoms with Gasteiger partial charge in [0.25, 0.3) is 11.8 Å². The summed E-state index contributed by atoms with van der Waals surface area (Å²) in [7, 11) is 6.98. The predicted octanol–water partition coefficient (Wildman–Crippen LogP) is 1.45. The summed E-state index contributed by atoms with van der Waals surface area (Å²) in [4.78, 5) is 26.8. The zero-order chi connectivity index (χ0) is 21.4. The number of carbonyl (C=O) groups excluding carboxylic acids is 2. The molecule has 0 radical (unpaired) electrons. The molecule has 0 aromatic heterocycles. The molecular formula is C22H30N3O4+. The number of rotatable bonds is 9. The van der Waals surface area contributed by atoms with Gasteiger partial charge in [-0.05, 0) is 49.4 Å². The first kappa shape index (κ1) is 22.2. The van der Waals surface area contributed by atoms with Crippen molar-refractivity contribution >= 4 is 17.5 Å². The van der Waals surface area contributed by atoms with E-state index in [-0.39, 0.29) is 11.8 Å². The summed E-state index contributed by atoms with van der Waals surface area (Å²) in [5.74, 6) is 1.24. The van der Waals surface area contributed by atoms with Gasteiger partial charge in [-0.2, -0.15) is 0 Å². The molecule has 0 fully saturated rings. The van der Waals surface area contributed by atoms with Gasteiger partial charge in [0.1, 0.15) is 6.54 Å². The number of hydrogen-bond acceptors (Lipinski definition) is 4. The van der Waals surface area contributed by atoms with Gasteiger partial charge in [-0.15, -0.1) is 0 Å². The molecule has 2 aromatic carbocycles. The molecule has 0 aliphatic rings. The minimum Gasteiger partial charge on any atom is -0.493 e. The Morgan fingerprint density at radius 2 is 1.76 bits per heavy atom. The number of likely N-dealkylation sites (N-methyl/N-ethyl adjacent to an activating group) is 1. The van der Waals surface area contributed by atoms with Gasteiger partial charge in [-0.1, -0.05) is 0 Å². The molecule has 1 atom stereocenters. The van der Waals surface area contributed by atoms with Crippen molar-refractivity contribution in [2.45, 2.75) is 13.5 Å². The highest BCUT2D eigenvalue weighted by Crippen LogP contribution is 2.27. The molecule has 0 aliphatic heterocycles. The molecule has 0 saturated carbocycles. The fraction of sp³-hybridized carbons (Fsp3) is 0.364. The van der Waals surface area contributed by atoms with Gasteiger partial charge in [0, 0.05) is 30.9 Å². The van der Waals surface area contributed by atoms with Gasteiger partial charge in [0.2, 0.25) is 0 Å². The van der Waals surface area contributed by atoms with Crippen molar-refractivity contribution in [2.24, 2.45) is 0 Å². The Bertz CT molecular complexity index is 834. The first-order chi connectivity index (χ1) is 13.8. The van der Waals surface area contributed by atoms with Crippen molar-refractivity contribution in [1.82, 2.24) is 4.90 Å². The van der Waals surface area contributed by atoms with E-state index in [4.69, 9.17) is 9.47 Å². The fourth-order valence-electron chi connectivity index (χ4n) is 2.94. The molecule has 1 unspecified atom stereocenters. The summed E-state index contributed by atoms with van der Waals surface area (Å²) >= 11 is 0. The third-order valence-electron chi connectivity index (χ3n) is 4.32. The Kier molecular flexibility index (Phi) is 8.03. The molecule has 7 nitrogen and oxygen atoms in total. The van der Waals surface area contributed by atoms with E-state index >= 15 is 0 Å². The SMILES string of the molecule is CCOc1ccc(C[NH+](C)CC(=O)Nc2ccc(C(=O)N(C)C)cc2)cc1OC. The second-order valence-corrected chi connectivity index (χ2v) is 7.05. The standard InChI is InChI=1S/C22H29N3O4/c1-6-29-19-12-7-16(13-20(19)28-5)14-25(4)15-21(26)23-18-10-8-17(9-11-18)22(27)24(2)3/h7-13H,6,14-15H2,1-5H3,(H,23,26)/p+1. The topological polar surface area (TPSA) is 72.3 Å². The summed E-state index contributed by atoms with van der Waals surface area (Å²) in [6, 6.07) is 12.7. The molecule has 29 heavy (non-hydrogen) atoms. The van der Waals surface area contributed by atoms with Gasteiger partial charge in [0.15, 0.2) is 18.0 Å². The van der Waals surface area contributed by atoms with Gasteiger partial charge >= 0.3 is 0 Å². The molecule has 156 valence electrons. The van der Waals surface area contributed by atoms with Gasteiger partial charge < -0.3 is 24.6 Å². The van der Waals surface area contributed by atoms with Gasteiger partial charge in [-0.3, -0.25) is 9.59 Å². The van der Waals surface area contributed by atoms with Crippen LogP contribution in [0.15, 0.2) is 42.5 Å². The first-order valence-corrected chi connectivity index (χ1v) is 9.56. The van der Waals surface area contributed by atoms with Crippen LogP contribution in [0.2, 0.25) is 0 Å². The zero-order valence-electron chi connectivity index (χ0n) is 17.7. The average molecular weight is 400 g/mol. The number of methoxy groups -OCH3 is 1. The van der Waals surface area contributed by atoms with Crippen molar-refractivity contribution in [2.75, 3.05) is 46.7 Å². The molecular weight excluding hydrogens is 370 g/mol. The maximum atomic E-state index is 12.4. The van der Waals surface area contributed by atoms with Crippen molar-refractivity contribution in [1.29, 1.82) is 0 Å². The van der Waals surface area contributed by atoms with E-state index in [0.29, 0.717) is 42.4 Å². The van der Waals surface area contributed by atoms with E-state index in [1.807, 2.05) is 32.2 Å². The highest BCUT2D eigenvalue weighted by Gasteiger charge is 2.14. The summed E-state index contributed by atoms with van der Waals surface area (Å²) < 4.78 is 10.9. The lowest BCUT2D eigenvalue weighted by atomic mass is 10.2. The number of hydrogen-bond donors (Lipinski definition) is 2. The molecule has 2 aromatic rings. The Hall–Kier alpha value is -3.06. The summed E-state index contributed by atoms with van der Waals surface area (Å²) in [5, 5.41) is 2.87. The lowest BCUT2D eigenvalue weighted by Crippen LogP contribution is -3.08. The van der Waals surface area contributed by atoms with E-state index in [9.17, 15) is 9.59 Å². The number of amides is 2. The monoisotopic (exact) mass is 400 g/mol. The van der Waals surface area contributed by atoms with E-state index in [0.717, 1.165) is 10.5 Å². The van der Waals surface area contributed by atoms with Crippen LogP contribution in [0.1, 0.15) is 22.8 Å². The molecule has 0 heterocycles.